The highest BCUT2D eigenvalue weighted by Crippen LogP contribution is 2.48. The smallest absolute Gasteiger partial charge is 0.246 e. The molecule has 10 heteroatoms. The number of carbonyl (C=O) groups excluding carboxylic acids is 3. The fourth-order valence-electron chi connectivity index (χ4n) is 7.12. The number of benzene rings is 1. The summed E-state index contributed by atoms with van der Waals surface area (Å²) in [5, 5.41) is 20.1. The van der Waals surface area contributed by atoms with E-state index in [0.29, 0.717) is 0 Å². The Morgan fingerprint density at radius 3 is 2.42 bits per heavy atom. The van der Waals surface area contributed by atoms with E-state index in [1.807, 2.05) is 64.4 Å². The number of aryl methyl sites for hydroxylation is 1. The zero-order valence-corrected chi connectivity index (χ0v) is 26.9. The summed E-state index contributed by atoms with van der Waals surface area (Å²) < 4.78 is 0. The highest BCUT2D eigenvalue weighted by atomic mass is 32.1. The molecule has 234 valence electrons. The quantitative estimate of drug-likeness (QED) is 0.377. The van der Waals surface area contributed by atoms with Gasteiger partial charge < -0.3 is 26.0 Å². The van der Waals surface area contributed by atoms with E-state index in [9.17, 15) is 19.5 Å². The molecule has 5 rings (SSSR count). The first-order chi connectivity index (χ1) is 20.4. The predicted molar refractivity (Wildman–Crippen MR) is 168 cm³/mol. The minimum Gasteiger partial charge on any atom is -0.391 e. The van der Waals surface area contributed by atoms with Crippen LogP contribution in [-0.4, -0.2) is 70.5 Å². The molecular formula is C33H47N5O4S. The number of amides is 3. The van der Waals surface area contributed by atoms with Crippen molar-refractivity contribution in [2.75, 3.05) is 19.6 Å². The van der Waals surface area contributed by atoms with Crippen LogP contribution < -0.4 is 16.0 Å². The number of β-amino-alcohol motifs (C(OH)–C–C–N with tert-alkyl or cyclic N) is 1. The molecule has 5 atom stereocenters. The third kappa shape index (κ3) is 6.97. The second kappa shape index (κ2) is 12.7. The Kier molecular flexibility index (Phi) is 9.30. The van der Waals surface area contributed by atoms with Crippen molar-refractivity contribution < 1.29 is 19.5 Å². The molecule has 1 spiro atoms. The summed E-state index contributed by atoms with van der Waals surface area (Å²) in [6.07, 6.45) is 4.30. The van der Waals surface area contributed by atoms with Crippen LogP contribution >= 0.6 is 11.3 Å². The summed E-state index contributed by atoms with van der Waals surface area (Å²) in [7, 11) is 0. The van der Waals surface area contributed by atoms with Gasteiger partial charge in [-0.15, -0.1) is 11.3 Å². The molecule has 9 nitrogen and oxygen atoms in total. The molecular weight excluding hydrogens is 562 g/mol. The minimum atomic E-state index is -0.810. The van der Waals surface area contributed by atoms with Crippen LogP contribution in [0.2, 0.25) is 0 Å². The van der Waals surface area contributed by atoms with Crippen molar-refractivity contribution in [1.82, 2.24) is 25.8 Å². The average molecular weight is 610 g/mol. The zero-order chi connectivity index (χ0) is 30.9. The maximum atomic E-state index is 14.0. The lowest BCUT2D eigenvalue weighted by atomic mass is 9.77. The van der Waals surface area contributed by atoms with Crippen molar-refractivity contribution in [1.29, 1.82) is 0 Å². The van der Waals surface area contributed by atoms with Gasteiger partial charge in [0.2, 0.25) is 17.7 Å². The molecule has 3 amide bonds. The topological polar surface area (TPSA) is 124 Å². The van der Waals surface area contributed by atoms with E-state index in [-0.39, 0.29) is 48.1 Å². The Morgan fingerprint density at radius 1 is 1.09 bits per heavy atom. The van der Waals surface area contributed by atoms with Crippen molar-refractivity contribution in [3.63, 3.8) is 0 Å². The van der Waals surface area contributed by atoms with Crippen LogP contribution in [-0.2, 0) is 14.4 Å². The largest absolute Gasteiger partial charge is 0.391 e. The summed E-state index contributed by atoms with van der Waals surface area (Å²) in [4.78, 5) is 48.0. The van der Waals surface area contributed by atoms with E-state index < -0.39 is 23.6 Å². The van der Waals surface area contributed by atoms with Crippen LogP contribution in [0.3, 0.4) is 0 Å². The standard InChI is InChI=1S/C33H47N5O4S/c1-20(22-6-8-23(9-7-22)27-21(2)35-19-43-27)36-30(41)26-16-25(39)18-38(26)31(42)28(32(3,4)5)37-29(40)24-10-11-33(17-24)12-14-34-15-13-33/h6-9,19-20,24-26,28,34,39H,10-18H2,1-5H3,(H,36,41)(H,37,40)/t20-,24?,25+,26-,28+/m0/s1. The third-order valence-corrected chi connectivity index (χ3v) is 10.8. The van der Waals surface area contributed by atoms with Crippen LogP contribution in [0, 0.1) is 23.7 Å². The fourth-order valence-corrected chi connectivity index (χ4v) is 7.93. The Morgan fingerprint density at radius 2 is 1.79 bits per heavy atom. The lowest BCUT2D eigenvalue weighted by Gasteiger charge is -2.36. The highest BCUT2D eigenvalue weighted by Gasteiger charge is 2.47. The van der Waals surface area contributed by atoms with Crippen molar-refractivity contribution in [2.24, 2.45) is 16.7 Å². The molecule has 43 heavy (non-hydrogen) atoms. The van der Waals surface area contributed by atoms with E-state index in [4.69, 9.17) is 0 Å². The molecule has 1 unspecified atom stereocenters. The summed E-state index contributed by atoms with van der Waals surface area (Å²) in [5.74, 6) is -0.798. The van der Waals surface area contributed by atoms with Crippen LogP contribution in [0.25, 0.3) is 10.4 Å². The van der Waals surface area contributed by atoms with Gasteiger partial charge >= 0.3 is 0 Å². The maximum Gasteiger partial charge on any atom is 0.246 e. The third-order valence-electron chi connectivity index (χ3n) is 9.78. The molecule has 1 saturated carbocycles. The molecule has 3 aliphatic rings. The summed E-state index contributed by atoms with van der Waals surface area (Å²) >= 11 is 1.60. The minimum absolute atomic E-state index is 0.0657. The molecule has 2 aliphatic heterocycles. The number of likely N-dealkylation sites (tertiary alicyclic amines) is 1. The SMILES string of the molecule is Cc1ncsc1-c1ccc([C@H](C)NC(=O)[C@@H]2C[C@@H](O)CN2C(=O)[C@@H](NC(=O)C2CCC3(CCNCC3)C2)C(C)(C)C)cc1. The molecule has 4 N–H and O–H groups in total. The summed E-state index contributed by atoms with van der Waals surface area (Å²) in [6, 6.07) is 6.15. The van der Waals surface area contributed by atoms with Crippen LogP contribution in [0.15, 0.2) is 29.8 Å². The zero-order valence-electron chi connectivity index (χ0n) is 26.1. The number of aliphatic hydroxyl groups excluding tert-OH is 1. The molecule has 2 saturated heterocycles. The number of rotatable bonds is 7. The van der Waals surface area contributed by atoms with Crippen LogP contribution in [0.4, 0.5) is 0 Å². The number of nitrogens with one attached hydrogen (secondary N) is 3. The molecule has 1 aliphatic carbocycles. The van der Waals surface area contributed by atoms with Gasteiger partial charge in [0.25, 0.3) is 0 Å². The summed E-state index contributed by atoms with van der Waals surface area (Å²) in [5.41, 5.74) is 4.50. The molecule has 0 radical (unpaired) electrons. The number of hydrogen-bond donors (Lipinski definition) is 4. The van der Waals surface area contributed by atoms with Gasteiger partial charge in [0.15, 0.2) is 0 Å². The second-order valence-electron chi connectivity index (χ2n) is 14.0. The lowest BCUT2D eigenvalue weighted by Crippen LogP contribution is -2.58. The number of piperidine rings is 1. The molecule has 1 aromatic carbocycles. The van der Waals surface area contributed by atoms with E-state index in [2.05, 4.69) is 20.9 Å². The van der Waals surface area contributed by atoms with Gasteiger partial charge in [0, 0.05) is 18.9 Å². The molecule has 3 fully saturated rings. The number of hydrogen-bond acceptors (Lipinski definition) is 7. The van der Waals surface area contributed by atoms with Crippen molar-refractivity contribution >= 4 is 29.1 Å². The van der Waals surface area contributed by atoms with Crippen LogP contribution in [0.1, 0.15) is 83.5 Å². The van der Waals surface area contributed by atoms with Crippen LogP contribution in [0.5, 0.6) is 0 Å². The van der Waals surface area contributed by atoms with Gasteiger partial charge in [-0.3, -0.25) is 14.4 Å². The molecule has 3 heterocycles. The Balaban J connectivity index is 1.24. The van der Waals surface area contributed by atoms with E-state index in [0.717, 1.165) is 66.9 Å². The van der Waals surface area contributed by atoms with Gasteiger partial charge in [-0.25, -0.2) is 4.98 Å². The number of nitrogens with zero attached hydrogens (tertiary/aromatic N) is 2. The predicted octanol–water partition coefficient (Wildman–Crippen LogP) is 3.96. The van der Waals surface area contributed by atoms with Crippen molar-refractivity contribution in [3.05, 3.63) is 41.0 Å². The number of carbonyl (C=O) groups is 3. The van der Waals surface area contributed by atoms with E-state index >= 15 is 0 Å². The fraction of sp³-hybridized carbons (Fsp3) is 0.636. The average Bonchev–Trinajstić information content (AvgIpc) is 3.69. The normalized spacial score (nSPS) is 25.0. The van der Waals surface area contributed by atoms with E-state index in [1.54, 1.807) is 11.3 Å². The molecule has 1 aromatic heterocycles. The monoisotopic (exact) mass is 609 g/mol. The van der Waals surface area contributed by atoms with Gasteiger partial charge in [-0.1, -0.05) is 45.0 Å². The number of aliphatic hydroxyl groups is 1. The van der Waals surface area contributed by atoms with Crippen molar-refractivity contribution in [3.8, 4) is 10.4 Å². The second-order valence-corrected chi connectivity index (χ2v) is 14.9. The maximum absolute atomic E-state index is 14.0. The first-order valence-electron chi connectivity index (χ1n) is 15.7. The van der Waals surface area contributed by atoms with Gasteiger partial charge in [-0.2, -0.15) is 0 Å². The lowest BCUT2D eigenvalue weighted by molar-refractivity contribution is -0.144. The first kappa shape index (κ1) is 31.6. The Hall–Kier alpha value is -2.82. The Labute approximate surface area is 259 Å². The highest BCUT2D eigenvalue weighted by molar-refractivity contribution is 7.13. The van der Waals surface area contributed by atoms with Gasteiger partial charge in [0.05, 0.1) is 28.2 Å². The van der Waals surface area contributed by atoms with Gasteiger partial charge in [-0.05, 0) is 81.0 Å². The van der Waals surface area contributed by atoms with Crippen molar-refractivity contribution in [2.45, 2.75) is 97.4 Å². The first-order valence-corrected chi connectivity index (χ1v) is 16.6. The summed E-state index contributed by atoms with van der Waals surface area (Å²) in [6.45, 7) is 11.7. The van der Waals surface area contributed by atoms with Gasteiger partial charge in [0.1, 0.15) is 12.1 Å². The molecule has 0 bridgehead atoms. The van der Waals surface area contributed by atoms with E-state index in [1.165, 1.54) is 4.90 Å². The number of thiazole rings is 1. The Bertz CT molecular complexity index is 1310. The molecule has 2 aromatic rings. The number of aromatic nitrogens is 1.